The Labute approximate surface area is 179 Å². The third-order valence-corrected chi connectivity index (χ3v) is 5.51. The van der Waals surface area contributed by atoms with Crippen molar-refractivity contribution in [3.63, 3.8) is 0 Å². The van der Waals surface area contributed by atoms with Crippen molar-refractivity contribution in [1.82, 2.24) is 10.2 Å². The highest BCUT2D eigenvalue weighted by Crippen LogP contribution is 2.29. The van der Waals surface area contributed by atoms with Crippen LogP contribution in [0.3, 0.4) is 0 Å². The van der Waals surface area contributed by atoms with Gasteiger partial charge in [-0.3, -0.25) is 9.59 Å². The molecule has 0 bridgehead atoms. The minimum Gasteiger partial charge on any atom is -0.493 e. The van der Waals surface area contributed by atoms with Gasteiger partial charge in [0.05, 0.1) is 14.2 Å². The number of hydrogen-bond donors (Lipinski definition) is 1. The van der Waals surface area contributed by atoms with E-state index in [0.29, 0.717) is 36.6 Å². The number of amides is 2. The van der Waals surface area contributed by atoms with Gasteiger partial charge in [-0.1, -0.05) is 28.1 Å². The Bertz CT molecular complexity index is 887. The summed E-state index contributed by atoms with van der Waals surface area (Å²) in [4.78, 5) is 27.8. The van der Waals surface area contributed by atoms with Gasteiger partial charge in [0.15, 0.2) is 11.5 Å². The van der Waals surface area contributed by atoms with Gasteiger partial charge in [0.25, 0.3) is 5.91 Å². The monoisotopic (exact) mass is 460 g/mol. The van der Waals surface area contributed by atoms with Crippen LogP contribution in [0.25, 0.3) is 0 Å². The molecule has 0 spiro atoms. The molecule has 0 aliphatic carbocycles. The van der Waals surface area contributed by atoms with Crippen LogP contribution in [0, 0.1) is 0 Å². The van der Waals surface area contributed by atoms with Gasteiger partial charge in [0, 0.05) is 23.1 Å². The number of hydrogen-bond acceptors (Lipinski definition) is 4. The Hall–Kier alpha value is -2.54. The van der Waals surface area contributed by atoms with E-state index in [1.807, 2.05) is 30.3 Å². The lowest BCUT2D eigenvalue weighted by Crippen LogP contribution is -2.48. The normalized spacial score (nSPS) is 16.5. The van der Waals surface area contributed by atoms with Crippen molar-refractivity contribution in [1.29, 1.82) is 0 Å². The number of benzene rings is 2. The van der Waals surface area contributed by atoms with E-state index < -0.39 is 6.04 Å². The van der Waals surface area contributed by atoms with Gasteiger partial charge in [-0.2, -0.15) is 0 Å². The maximum atomic E-state index is 13.4. The molecular weight excluding hydrogens is 436 g/mol. The van der Waals surface area contributed by atoms with Crippen LogP contribution in [0.1, 0.15) is 35.2 Å². The Kier molecular flexibility index (Phi) is 7.14. The minimum atomic E-state index is -0.517. The van der Waals surface area contributed by atoms with Gasteiger partial charge < -0.3 is 19.7 Å². The topological polar surface area (TPSA) is 67.9 Å². The zero-order valence-corrected chi connectivity index (χ0v) is 18.2. The summed E-state index contributed by atoms with van der Waals surface area (Å²) in [5, 5.41) is 2.93. The molecule has 1 N–H and O–H groups in total. The van der Waals surface area contributed by atoms with E-state index in [1.54, 1.807) is 31.3 Å². The van der Waals surface area contributed by atoms with Gasteiger partial charge in [-0.15, -0.1) is 0 Å². The molecule has 1 aliphatic heterocycles. The lowest BCUT2D eigenvalue weighted by molar-refractivity contribution is -0.125. The first-order chi connectivity index (χ1) is 14.0. The van der Waals surface area contributed by atoms with Gasteiger partial charge >= 0.3 is 0 Å². The SMILES string of the molecule is COc1ccc(CN(C(=O)c2cccc(Br)c2)C2CCCCNC2=O)cc1OC. The molecular formula is C22H25BrN2O4. The maximum Gasteiger partial charge on any atom is 0.254 e. The molecule has 1 fully saturated rings. The molecule has 3 rings (SSSR count). The van der Waals surface area contributed by atoms with Crippen LogP contribution in [0.5, 0.6) is 11.5 Å². The van der Waals surface area contributed by atoms with Crippen molar-refractivity contribution in [3.05, 3.63) is 58.1 Å². The third kappa shape index (κ3) is 5.09. The first kappa shape index (κ1) is 21.2. The number of carbonyl (C=O) groups is 2. The molecule has 2 aromatic rings. The van der Waals surface area contributed by atoms with Crippen molar-refractivity contribution in [2.45, 2.75) is 31.8 Å². The lowest BCUT2D eigenvalue weighted by atomic mass is 10.0. The molecule has 1 saturated heterocycles. The van der Waals surface area contributed by atoms with Crippen molar-refractivity contribution in [2.75, 3.05) is 20.8 Å². The average Bonchev–Trinajstić information content (AvgIpc) is 2.95. The maximum absolute atomic E-state index is 13.4. The summed E-state index contributed by atoms with van der Waals surface area (Å²) in [5.74, 6) is 0.924. The number of nitrogens with zero attached hydrogens (tertiary/aromatic N) is 1. The molecule has 0 aromatic heterocycles. The van der Waals surface area contributed by atoms with Gasteiger partial charge in [0.2, 0.25) is 5.91 Å². The average molecular weight is 461 g/mol. The van der Waals surface area contributed by atoms with E-state index in [-0.39, 0.29) is 11.8 Å². The Morgan fingerprint density at radius 3 is 2.66 bits per heavy atom. The lowest BCUT2D eigenvalue weighted by Gasteiger charge is -2.30. The van der Waals surface area contributed by atoms with E-state index in [0.717, 1.165) is 22.9 Å². The smallest absolute Gasteiger partial charge is 0.254 e. The predicted octanol–water partition coefficient (Wildman–Crippen LogP) is 3.78. The van der Waals surface area contributed by atoms with E-state index in [1.165, 1.54) is 0 Å². The number of ether oxygens (including phenoxy) is 2. The number of rotatable bonds is 6. The molecule has 1 heterocycles. The van der Waals surface area contributed by atoms with Crippen LogP contribution in [0.4, 0.5) is 0 Å². The highest BCUT2D eigenvalue weighted by Gasteiger charge is 2.31. The van der Waals surface area contributed by atoms with Crippen molar-refractivity contribution in [3.8, 4) is 11.5 Å². The molecule has 7 heteroatoms. The quantitative estimate of drug-likeness (QED) is 0.711. The van der Waals surface area contributed by atoms with Crippen LogP contribution in [-0.2, 0) is 11.3 Å². The Morgan fingerprint density at radius 1 is 1.14 bits per heavy atom. The molecule has 6 nitrogen and oxygen atoms in total. The van der Waals surface area contributed by atoms with E-state index in [9.17, 15) is 9.59 Å². The third-order valence-electron chi connectivity index (χ3n) is 5.02. The second-order valence-corrected chi connectivity index (χ2v) is 7.85. The summed E-state index contributed by atoms with van der Waals surface area (Å²) in [7, 11) is 3.15. The fraction of sp³-hybridized carbons (Fsp3) is 0.364. The van der Waals surface area contributed by atoms with E-state index in [4.69, 9.17) is 9.47 Å². The van der Waals surface area contributed by atoms with Crippen LogP contribution >= 0.6 is 15.9 Å². The molecule has 1 unspecified atom stereocenters. The fourth-order valence-electron chi connectivity index (χ4n) is 3.51. The zero-order chi connectivity index (χ0) is 20.8. The molecule has 1 aliphatic rings. The zero-order valence-electron chi connectivity index (χ0n) is 16.6. The molecule has 154 valence electrons. The largest absolute Gasteiger partial charge is 0.493 e. The molecule has 2 aromatic carbocycles. The minimum absolute atomic E-state index is 0.105. The van der Waals surface area contributed by atoms with Crippen molar-refractivity contribution < 1.29 is 19.1 Å². The van der Waals surface area contributed by atoms with E-state index >= 15 is 0 Å². The molecule has 2 amide bonds. The van der Waals surface area contributed by atoms with Crippen LogP contribution in [0.2, 0.25) is 0 Å². The number of carbonyl (C=O) groups excluding carboxylic acids is 2. The van der Waals surface area contributed by atoms with Crippen molar-refractivity contribution >= 4 is 27.7 Å². The fourth-order valence-corrected chi connectivity index (χ4v) is 3.91. The summed E-state index contributed by atoms with van der Waals surface area (Å²) >= 11 is 3.42. The Balaban J connectivity index is 1.96. The summed E-state index contributed by atoms with van der Waals surface area (Å²) in [5.41, 5.74) is 1.40. The first-order valence-electron chi connectivity index (χ1n) is 9.58. The summed E-state index contributed by atoms with van der Waals surface area (Å²) < 4.78 is 11.5. The van der Waals surface area contributed by atoms with Crippen LogP contribution in [-0.4, -0.2) is 43.5 Å². The highest BCUT2D eigenvalue weighted by atomic mass is 79.9. The standard InChI is InChI=1S/C22H25BrN2O4/c1-28-19-10-9-15(12-20(19)29-2)14-25(18-8-3-4-11-24-21(18)26)22(27)16-6-5-7-17(23)13-16/h5-7,9-10,12-13,18H,3-4,8,11,14H2,1-2H3,(H,24,26). The predicted molar refractivity (Wildman–Crippen MR) is 114 cm³/mol. The molecule has 0 saturated carbocycles. The number of nitrogens with one attached hydrogen (secondary N) is 1. The second kappa shape index (κ2) is 9.78. The van der Waals surface area contributed by atoms with Crippen LogP contribution < -0.4 is 14.8 Å². The second-order valence-electron chi connectivity index (χ2n) is 6.94. The van der Waals surface area contributed by atoms with Gasteiger partial charge in [0.1, 0.15) is 6.04 Å². The highest BCUT2D eigenvalue weighted by molar-refractivity contribution is 9.10. The molecule has 1 atom stereocenters. The summed E-state index contributed by atoms with van der Waals surface area (Å²) in [6.07, 6.45) is 2.44. The summed E-state index contributed by atoms with van der Waals surface area (Å²) in [6.45, 7) is 0.939. The molecule has 29 heavy (non-hydrogen) atoms. The molecule has 0 radical (unpaired) electrons. The first-order valence-corrected chi connectivity index (χ1v) is 10.4. The van der Waals surface area contributed by atoms with Crippen LogP contribution in [0.15, 0.2) is 46.9 Å². The number of halogens is 1. The Morgan fingerprint density at radius 2 is 1.93 bits per heavy atom. The van der Waals surface area contributed by atoms with Gasteiger partial charge in [-0.05, 0) is 55.2 Å². The summed E-state index contributed by atoms with van der Waals surface area (Å²) in [6, 6.07) is 12.3. The van der Waals surface area contributed by atoms with Gasteiger partial charge in [-0.25, -0.2) is 0 Å². The van der Waals surface area contributed by atoms with Crippen molar-refractivity contribution in [2.24, 2.45) is 0 Å². The number of methoxy groups -OCH3 is 2. The van der Waals surface area contributed by atoms with E-state index in [2.05, 4.69) is 21.2 Å².